The summed E-state index contributed by atoms with van der Waals surface area (Å²) >= 11 is 0. The van der Waals surface area contributed by atoms with Crippen molar-refractivity contribution in [3.63, 3.8) is 0 Å². The van der Waals surface area contributed by atoms with E-state index in [-0.39, 0.29) is 5.78 Å². The summed E-state index contributed by atoms with van der Waals surface area (Å²) in [7, 11) is 0. The van der Waals surface area contributed by atoms with Gasteiger partial charge in [0.05, 0.1) is 11.6 Å². The highest BCUT2D eigenvalue weighted by Crippen LogP contribution is 2.14. The van der Waals surface area contributed by atoms with Gasteiger partial charge in [0.2, 0.25) is 0 Å². The fraction of sp³-hybridized carbons (Fsp3) is 0.0526. The predicted octanol–water partition coefficient (Wildman–Crippen LogP) is 4.02. The van der Waals surface area contributed by atoms with E-state index in [0.29, 0.717) is 17.7 Å². The summed E-state index contributed by atoms with van der Waals surface area (Å²) in [5.74, 6) is 0.659. The SMILES string of the molecule is C=CCOc1ccc(C=CC(=O)c2ccc(C#N)cc2)cc1. The molecule has 0 aliphatic carbocycles. The Morgan fingerprint density at radius 3 is 2.41 bits per heavy atom. The molecule has 2 aromatic carbocycles. The minimum absolute atomic E-state index is 0.100. The van der Waals surface area contributed by atoms with Crippen LogP contribution < -0.4 is 4.74 Å². The van der Waals surface area contributed by atoms with E-state index in [9.17, 15) is 4.79 Å². The lowest BCUT2D eigenvalue weighted by atomic mass is 10.1. The topological polar surface area (TPSA) is 50.1 Å². The lowest BCUT2D eigenvalue weighted by Crippen LogP contribution is -1.94. The highest BCUT2D eigenvalue weighted by molar-refractivity contribution is 6.06. The molecule has 0 saturated carbocycles. The summed E-state index contributed by atoms with van der Waals surface area (Å²) in [5.41, 5.74) is 2.00. The second kappa shape index (κ2) is 7.61. The van der Waals surface area contributed by atoms with Gasteiger partial charge in [0, 0.05) is 5.56 Å². The van der Waals surface area contributed by atoms with Crippen molar-refractivity contribution in [1.82, 2.24) is 0 Å². The highest BCUT2D eigenvalue weighted by Gasteiger charge is 2.01. The standard InChI is InChI=1S/C19H15NO2/c1-2-13-22-18-10-5-15(6-11-18)7-12-19(21)17-8-3-16(14-20)4-9-17/h2-12H,1,13H2. The van der Waals surface area contributed by atoms with E-state index in [1.54, 1.807) is 36.4 Å². The number of ether oxygens (including phenoxy) is 1. The Labute approximate surface area is 129 Å². The Morgan fingerprint density at radius 2 is 1.82 bits per heavy atom. The van der Waals surface area contributed by atoms with Crippen molar-refractivity contribution in [3.05, 3.63) is 84.0 Å². The Bertz CT molecular complexity index is 720. The maximum Gasteiger partial charge on any atom is 0.185 e. The lowest BCUT2D eigenvalue weighted by molar-refractivity contribution is 0.104. The first-order chi connectivity index (χ1) is 10.7. The molecule has 3 heteroatoms. The van der Waals surface area contributed by atoms with Crippen LogP contribution in [0.1, 0.15) is 21.5 Å². The van der Waals surface area contributed by atoms with Gasteiger partial charge < -0.3 is 4.74 Å². The molecule has 2 aromatic rings. The summed E-state index contributed by atoms with van der Waals surface area (Å²) in [6, 6.07) is 16.0. The van der Waals surface area contributed by atoms with E-state index in [0.717, 1.165) is 11.3 Å². The first kappa shape index (κ1) is 15.3. The number of allylic oxidation sites excluding steroid dienone is 1. The molecule has 0 aliphatic heterocycles. The fourth-order valence-electron chi connectivity index (χ4n) is 1.81. The molecule has 108 valence electrons. The van der Waals surface area contributed by atoms with Gasteiger partial charge in [-0.1, -0.05) is 30.9 Å². The Hall–Kier alpha value is -3.12. The summed E-state index contributed by atoms with van der Waals surface area (Å²) in [6.45, 7) is 4.05. The van der Waals surface area contributed by atoms with Crippen LogP contribution in [-0.4, -0.2) is 12.4 Å². The maximum atomic E-state index is 12.0. The molecule has 0 aliphatic rings. The summed E-state index contributed by atoms with van der Waals surface area (Å²) < 4.78 is 5.39. The molecular formula is C19H15NO2. The van der Waals surface area contributed by atoms with Crippen LogP contribution in [0.25, 0.3) is 6.08 Å². The number of carbonyl (C=O) groups is 1. The van der Waals surface area contributed by atoms with Crippen LogP contribution in [0.2, 0.25) is 0 Å². The molecule has 3 nitrogen and oxygen atoms in total. The van der Waals surface area contributed by atoms with Crippen LogP contribution in [0.4, 0.5) is 0 Å². The van der Waals surface area contributed by atoms with Gasteiger partial charge in [0.1, 0.15) is 12.4 Å². The predicted molar refractivity (Wildman–Crippen MR) is 86.7 cm³/mol. The molecule has 0 aromatic heterocycles. The molecule has 0 fully saturated rings. The number of nitrogens with zero attached hydrogens (tertiary/aromatic N) is 1. The van der Waals surface area contributed by atoms with Gasteiger partial charge in [-0.3, -0.25) is 4.79 Å². The molecule has 0 bridgehead atoms. The number of hydrogen-bond acceptors (Lipinski definition) is 3. The largest absolute Gasteiger partial charge is 0.490 e. The molecule has 2 rings (SSSR count). The quantitative estimate of drug-likeness (QED) is 0.458. The second-order valence-corrected chi connectivity index (χ2v) is 4.56. The molecule has 0 saturated heterocycles. The zero-order valence-electron chi connectivity index (χ0n) is 12.0. The number of nitriles is 1. The van der Waals surface area contributed by atoms with Gasteiger partial charge in [0.25, 0.3) is 0 Å². The Morgan fingerprint density at radius 1 is 1.14 bits per heavy atom. The van der Waals surface area contributed by atoms with Crippen LogP contribution in [0.15, 0.2) is 67.3 Å². The van der Waals surface area contributed by atoms with Crippen molar-refractivity contribution in [2.24, 2.45) is 0 Å². The van der Waals surface area contributed by atoms with Crippen molar-refractivity contribution in [3.8, 4) is 11.8 Å². The van der Waals surface area contributed by atoms with Crippen LogP contribution in [0.5, 0.6) is 5.75 Å². The number of hydrogen-bond donors (Lipinski definition) is 0. The second-order valence-electron chi connectivity index (χ2n) is 4.56. The molecule has 0 N–H and O–H groups in total. The first-order valence-electron chi connectivity index (χ1n) is 6.79. The van der Waals surface area contributed by atoms with Crippen molar-refractivity contribution in [1.29, 1.82) is 5.26 Å². The van der Waals surface area contributed by atoms with Crippen LogP contribution in [-0.2, 0) is 0 Å². The number of rotatable bonds is 6. The van der Waals surface area contributed by atoms with E-state index in [1.165, 1.54) is 6.08 Å². The molecular weight excluding hydrogens is 274 g/mol. The Balaban J connectivity index is 2.02. The first-order valence-corrected chi connectivity index (χ1v) is 6.79. The normalized spacial score (nSPS) is 10.1. The third-order valence-electron chi connectivity index (χ3n) is 2.97. The van der Waals surface area contributed by atoms with E-state index >= 15 is 0 Å². The molecule has 22 heavy (non-hydrogen) atoms. The van der Waals surface area contributed by atoms with Crippen LogP contribution >= 0.6 is 0 Å². The number of ketones is 1. The minimum Gasteiger partial charge on any atom is -0.490 e. The summed E-state index contributed by atoms with van der Waals surface area (Å²) in [4.78, 5) is 12.0. The Kier molecular flexibility index (Phi) is 5.28. The number of carbonyl (C=O) groups excluding carboxylic acids is 1. The molecule has 0 amide bonds. The van der Waals surface area contributed by atoms with E-state index in [1.807, 2.05) is 30.3 Å². The summed E-state index contributed by atoms with van der Waals surface area (Å²) in [6.07, 6.45) is 4.95. The average molecular weight is 289 g/mol. The van der Waals surface area contributed by atoms with Crippen molar-refractivity contribution >= 4 is 11.9 Å². The van der Waals surface area contributed by atoms with E-state index < -0.39 is 0 Å². The zero-order valence-corrected chi connectivity index (χ0v) is 12.0. The van der Waals surface area contributed by atoms with Crippen molar-refractivity contribution in [2.45, 2.75) is 0 Å². The number of benzene rings is 2. The van der Waals surface area contributed by atoms with Gasteiger partial charge in [-0.25, -0.2) is 0 Å². The van der Waals surface area contributed by atoms with Gasteiger partial charge in [-0.15, -0.1) is 0 Å². The van der Waals surface area contributed by atoms with Gasteiger partial charge in [0.15, 0.2) is 5.78 Å². The lowest BCUT2D eigenvalue weighted by Gasteiger charge is -2.02. The summed E-state index contributed by atoms with van der Waals surface area (Å²) in [5, 5.41) is 8.73. The maximum absolute atomic E-state index is 12.0. The zero-order chi connectivity index (χ0) is 15.8. The third kappa shape index (κ3) is 4.19. The molecule has 0 atom stereocenters. The fourth-order valence-corrected chi connectivity index (χ4v) is 1.81. The van der Waals surface area contributed by atoms with Crippen molar-refractivity contribution in [2.75, 3.05) is 6.61 Å². The minimum atomic E-state index is -0.100. The highest BCUT2D eigenvalue weighted by atomic mass is 16.5. The van der Waals surface area contributed by atoms with E-state index in [4.69, 9.17) is 10.00 Å². The van der Waals surface area contributed by atoms with Gasteiger partial charge >= 0.3 is 0 Å². The molecule has 0 heterocycles. The monoisotopic (exact) mass is 289 g/mol. The smallest absolute Gasteiger partial charge is 0.185 e. The van der Waals surface area contributed by atoms with Gasteiger partial charge in [-0.2, -0.15) is 5.26 Å². The van der Waals surface area contributed by atoms with Crippen molar-refractivity contribution < 1.29 is 9.53 Å². The molecule has 0 unspecified atom stereocenters. The van der Waals surface area contributed by atoms with Gasteiger partial charge in [-0.05, 0) is 48.0 Å². The average Bonchev–Trinajstić information content (AvgIpc) is 2.58. The van der Waals surface area contributed by atoms with Crippen LogP contribution in [0, 0.1) is 11.3 Å². The third-order valence-corrected chi connectivity index (χ3v) is 2.97. The van der Waals surface area contributed by atoms with Crippen LogP contribution in [0.3, 0.4) is 0 Å². The van der Waals surface area contributed by atoms with E-state index in [2.05, 4.69) is 6.58 Å². The molecule has 0 radical (unpaired) electrons. The molecule has 0 spiro atoms.